The summed E-state index contributed by atoms with van der Waals surface area (Å²) in [5.74, 6) is 0.544. The predicted molar refractivity (Wildman–Crippen MR) is 74.1 cm³/mol. The molecule has 2 N–H and O–H groups in total. The number of rotatable bonds is 1. The van der Waals surface area contributed by atoms with Gasteiger partial charge in [0.15, 0.2) is 0 Å². The minimum Gasteiger partial charge on any atom is -0.372 e. The van der Waals surface area contributed by atoms with E-state index < -0.39 is 0 Å². The number of hydrogen-bond acceptors (Lipinski definition) is 2. The Hall–Kier alpha value is -1.22. The molecule has 96 valence electrons. The molecule has 0 radical (unpaired) electrons. The summed E-state index contributed by atoms with van der Waals surface area (Å²) in [6.45, 7) is 0. The van der Waals surface area contributed by atoms with Crippen LogP contribution in [0.5, 0.6) is 0 Å². The van der Waals surface area contributed by atoms with Crippen LogP contribution in [0.25, 0.3) is 0 Å². The minimum absolute atomic E-state index is 0.0942. The Balaban J connectivity index is 1.83. The van der Waals surface area contributed by atoms with Gasteiger partial charge >= 0.3 is 0 Å². The van der Waals surface area contributed by atoms with Crippen molar-refractivity contribution in [1.29, 1.82) is 0 Å². The lowest BCUT2D eigenvalue weighted by atomic mass is 9.83. The fourth-order valence-corrected chi connectivity index (χ4v) is 3.16. The molecule has 0 aromatic heterocycles. The van der Waals surface area contributed by atoms with Crippen molar-refractivity contribution in [3.8, 4) is 0 Å². The number of carbonyl (C=O) groups is 1. The summed E-state index contributed by atoms with van der Waals surface area (Å²) in [6, 6.07) is 5.42. The second kappa shape index (κ2) is 4.81. The van der Waals surface area contributed by atoms with E-state index >= 15 is 0 Å². The molecule has 1 unspecified atom stereocenters. The quantitative estimate of drug-likeness (QED) is 0.813. The van der Waals surface area contributed by atoms with Crippen LogP contribution in [0.3, 0.4) is 0 Å². The molecule has 18 heavy (non-hydrogen) atoms. The molecule has 1 heterocycles. The lowest BCUT2D eigenvalue weighted by molar-refractivity contribution is -0.118. The smallest absolute Gasteiger partial charge is 0.247 e. The van der Waals surface area contributed by atoms with Gasteiger partial charge in [0.05, 0.1) is 11.4 Å². The number of nitrogens with one attached hydrogen (secondary N) is 2. The van der Waals surface area contributed by atoms with Gasteiger partial charge in [0, 0.05) is 5.02 Å². The Morgan fingerprint density at radius 1 is 1.11 bits per heavy atom. The highest BCUT2D eigenvalue weighted by atomic mass is 35.5. The highest BCUT2D eigenvalue weighted by molar-refractivity contribution is 6.31. The fourth-order valence-electron chi connectivity index (χ4n) is 2.99. The third-order valence-corrected chi connectivity index (χ3v) is 4.19. The fraction of sp³-hybridized carbons (Fsp3) is 0.500. The lowest BCUT2D eigenvalue weighted by Gasteiger charge is -2.34. The van der Waals surface area contributed by atoms with E-state index in [0.717, 1.165) is 24.2 Å². The van der Waals surface area contributed by atoms with Crippen LogP contribution in [0.2, 0.25) is 5.02 Å². The summed E-state index contributed by atoms with van der Waals surface area (Å²) in [7, 11) is 0. The normalized spacial score (nSPS) is 24.1. The predicted octanol–water partition coefficient (Wildman–Crippen LogP) is 3.65. The van der Waals surface area contributed by atoms with Gasteiger partial charge in [-0.05, 0) is 37.0 Å². The number of benzene rings is 1. The van der Waals surface area contributed by atoms with Gasteiger partial charge in [-0.3, -0.25) is 4.79 Å². The Bertz CT molecular complexity index is 469. The summed E-state index contributed by atoms with van der Waals surface area (Å²) in [6.07, 6.45) is 6.05. The molecule has 1 aliphatic heterocycles. The maximum absolute atomic E-state index is 12.1. The van der Waals surface area contributed by atoms with E-state index in [-0.39, 0.29) is 11.9 Å². The van der Waals surface area contributed by atoms with E-state index in [1.165, 1.54) is 19.3 Å². The van der Waals surface area contributed by atoms with Gasteiger partial charge < -0.3 is 10.6 Å². The van der Waals surface area contributed by atoms with Gasteiger partial charge in [0.2, 0.25) is 5.91 Å². The molecule has 1 atom stereocenters. The molecule has 4 heteroatoms. The molecule has 1 fully saturated rings. The maximum atomic E-state index is 12.1. The molecule has 0 spiro atoms. The van der Waals surface area contributed by atoms with Gasteiger partial charge in [0.25, 0.3) is 0 Å². The Morgan fingerprint density at radius 2 is 1.89 bits per heavy atom. The van der Waals surface area contributed by atoms with Crippen LogP contribution in [-0.4, -0.2) is 11.9 Å². The van der Waals surface area contributed by atoms with Crippen molar-refractivity contribution in [2.75, 3.05) is 10.6 Å². The number of halogens is 1. The van der Waals surface area contributed by atoms with E-state index in [0.29, 0.717) is 10.9 Å². The van der Waals surface area contributed by atoms with Crippen LogP contribution < -0.4 is 10.6 Å². The maximum Gasteiger partial charge on any atom is 0.247 e. The first-order valence-corrected chi connectivity index (χ1v) is 6.99. The molecule has 0 saturated heterocycles. The Kier molecular flexibility index (Phi) is 3.16. The summed E-state index contributed by atoms with van der Waals surface area (Å²) < 4.78 is 0. The Labute approximate surface area is 112 Å². The summed E-state index contributed by atoms with van der Waals surface area (Å²) in [5.41, 5.74) is 1.77. The summed E-state index contributed by atoms with van der Waals surface area (Å²) in [5, 5.41) is 7.03. The zero-order chi connectivity index (χ0) is 12.5. The van der Waals surface area contributed by atoms with E-state index in [4.69, 9.17) is 11.6 Å². The standard InChI is InChI=1S/C14H17ClN2O/c15-10-6-7-11-12(8-10)16-13(14(18)17-11)9-4-2-1-3-5-9/h6-9,13,16H,1-5H2,(H,17,18). The number of carbonyl (C=O) groups excluding carboxylic acids is 1. The summed E-state index contributed by atoms with van der Waals surface area (Å²) >= 11 is 5.99. The SMILES string of the molecule is O=C1Nc2ccc(Cl)cc2NC1C1CCCCC1. The largest absolute Gasteiger partial charge is 0.372 e. The van der Waals surface area contributed by atoms with Crippen molar-refractivity contribution < 1.29 is 4.79 Å². The zero-order valence-electron chi connectivity index (χ0n) is 10.2. The molecular weight excluding hydrogens is 248 g/mol. The van der Waals surface area contributed by atoms with Crippen molar-refractivity contribution in [2.24, 2.45) is 5.92 Å². The molecular formula is C14H17ClN2O. The first-order chi connectivity index (χ1) is 8.74. The molecule has 1 saturated carbocycles. The number of amides is 1. The second-order valence-corrected chi connectivity index (χ2v) is 5.64. The third kappa shape index (κ3) is 2.19. The number of fused-ring (bicyclic) bond motifs is 1. The first kappa shape index (κ1) is 11.8. The van der Waals surface area contributed by atoms with Crippen molar-refractivity contribution in [2.45, 2.75) is 38.1 Å². The topological polar surface area (TPSA) is 41.1 Å². The van der Waals surface area contributed by atoms with E-state index in [9.17, 15) is 4.79 Å². The average molecular weight is 265 g/mol. The second-order valence-electron chi connectivity index (χ2n) is 5.20. The molecule has 2 aliphatic rings. The highest BCUT2D eigenvalue weighted by Crippen LogP contribution is 2.35. The number of hydrogen-bond donors (Lipinski definition) is 2. The van der Waals surface area contributed by atoms with Crippen molar-refractivity contribution in [3.63, 3.8) is 0 Å². The van der Waals surface area contributed by atoms with E-state index in [1.54, 1.807) is 6.07 Å². The van der Waals surface area contributed by atoms with Gasteiger partial charge in [-0.25, -0.2) is 0 Å². The Morgan fingerprint density at radius 3 is 2.67 bits per heavy atom. The van der Waals surface area contributed by atoms with Crippen LogP contribution in [0.1, 0.15) is 32.1 Å². The number of anilines is 2. The average Bonchev–Trinajstić information content (AvgIpc) is 2.39. The molecule has 0 bridgehead atoms. The van der Waals surface area contributed by atoms with Gasteiger partial charge in [-0.2, -0.15) is 0 Å². The van der Waals surface area contributed by atoms with Crippen LogP contribution in [0, 0.1) is 5.92 Å². The molecule has 1 aromatic carbocycles. The monoisotopic (exact) mass is 264 g/mol. The molecule has 1 aliphatic carbocycles. The van der Waals surface area contributed by atoms with Crippen molar-refractivity contribution >= 4 is 28.9 Å². The van der Waals surface area contributed by atoms with E-state index in [1.807, 2.05) is 12.1 Å². The van der Waals surface area contributed by atoms with E-state index in [2.05, 4.69) is 10.6 Å². The first-order valence-electron chi connectivity index (χ1n) is 6.61. The molecule has 3 nitrogen and oxygen atoms in total. The minimum atomic E-state index is -0.101. The molecule has 1 amide bonds. The zero-order valence-corrected chi connectivity index (χ0v) is 11.0. The highest BCUT2D eigenvalue weighted by Gasteiger charge is 2.33. The lowest BCUT2D eigenvalue weighted by Crippen LogP contribution is -2.44. The van der Waals surface area contributed by atoms with Crippen LogP contribution >= 0.6 is 11.6 Å². The van der Waals surface area contributed by atoms with Crippen molar-refractivity contribution in [3.05, 3.63) is 23.2 Å². The van der Waals surface area contributed by atoms with Crippen LogP contribution in [0.15, 0.2) is 18.2 Å². The van der Waals surface area contributed by atoms with Gasteiger partial charge in [-0.1, -0.05) is 30.9 Å². The third-order valence-electron chi connectivity index (χ3n) is 3.95. The van der Waals surface area contributed by atoms with Crippen LogP contribution in [0.4, 0.5) is 11.4 Å². The van der Waals surface area contributed by atoms with Crippen molar-refractivity contribution in [1.82, 2.24) is 0 Å². The van der Waals surface area contributed by atoms with Crippen LogP contribution in [-0.2, 0) is 4.79 Å². The summed E-state index contributed by atoms with van der Waals surface area (Å²) in [4.78, 5) is 12.1. The molecule has 3 rings (SSSR count). The van der Waals surface area contributed by atoms with Gasteiger partial charge in [0.1, 0.15) is 6.04 Å². The van der Waals surface area contributed by atoms with Gasteiger partial charge in [-0.15, -0.1) is 0 Å². The molecule has 1 aromatic rings.